The number of ether oxygens (including phenoxy) is 1. The molecule has 0 aliphatic carbocycles. The van der Waals surface area contributed by atoms with Crippen molar-refractivity contribution in [1.82, 2.24) is 14.3 Å². The molecule has 1 aliphatic heterocycles. The van der Waals surface area contributed by atoms with Crippen molar-refractivity contribution in [3.05, 3.63) is 35.8 Å². The lowest BCUT2D eigenvalue weighted by Crippen LogP contribution is -2.45. The van der Waals surface area contributed by atoms with Crippen LogP contribution in [0.25, 0.3) is 5.65 Å². The highest BCUT2D eigenvalue weighted by atomic mass is 16.5. The molecule has 0 radical (unpaired) electrons. The summed E-state index contributed by atoms with van der Waals surface area (Å²) in [5, 5.41) is 0. The van der Waals surface area contributed by atoms with E-state index in [-0.39, 0.29) is 6.10 Å². The molecule has 1 unspecified atom stereocenters. The van der Waals surface area contributed by atoms with Gasteiger partial charge in [-0.15, -0.1) is 0 Å². The van der Waals surface area contributed by atoms with E-state index in [1.165, 1.54) is 5.56 Å². The van der Waals surface area contributed by atoms with Crippen LogP contribution in [0.5, 0.6) is 0 Å². The van der Waals surface area contributed by atoms with Gasteiger partial charge in [0.2, 0.25) is 0 Å². The smallest absolute Gasteiger partial charge is 0.137 e. The number of morpholine rings is 1. The maximum atomic E-state index is 5.67. The zero-order chi connectivity index (χ0) is 13.2. The highest BCUT2D eigenvalue weighted by Gasteiger charge is 2.19. The molecular weight excluding hydrogens is 240 g/mol. The van der Waals surface area contributed by atoms with Crippen LogP contribution in [0.15, 0.2) is 24.5 Å². The number of nitrogens with two attached hydrogens (primary N) is 1. The highest BCUT2D eigenvalue weighted by Crippen LogP contribution is 2.12. The van der Waals surface area contributed by atoms with Crippen LogP contribution in [0.3, 0.4) is 0 Å². The molecule has 2 aromatic rings. The van der Waals surface area contributed by atoms with E-state index in [0.29, 0.717) is 6.54 Å². The highest BCUT2D eigenvalue weighted by molar-refractivity contribution is 5.41. The normalized spacial score (nSPS) is 21.1. The Hall–Kier alpha value is -1.43. The fourth-order valence-corrected chi connectivity index (χ4v) is 2.53. The second kappa shape index (κ2) is 5.28. The molecule has 2 N–H and O–H groups in total. The van der Waals surface area contributed by atoms with Crippen molar-refractivity contribution in [3.8, 4) is 0 Å². The Labute approximate surface area is 113 Å². The maximum Gasteiger partial charge on any atom is 0.137 e. The Bertz CT molecular complexity index is 566. The summed E-state index contributed by atoms with van der Waals surface area (Å²) < 4.78 is 7.67. The first-order chi connectivity index (χ1) is 9.24. The third-order valence-corrected chi connectivity index (χ3v) is 3.52. The second-order valence-electron chi connectivity index (χ2n) is 5.17. The minimum absolute atomic E-state index is 0.160. The molecule has 0 spiro atoms. The molecule has 0 amide bonds. The summed E-state index contributed by atoms with van der Waals surface area (Å²) in [6, 6.07) is 4.14. The van der Waals surface area contributed by atoms with Crippen molar-refractivity contribution in [1.29, 1.82) is 0 Å². The van der Waals surface area contributed by atoms with Gasteiger partial charge in [0.05, 0.1) is 18.4 Å². The molecule has 1 fully saturated rings. The van der Waals surface area contributed by atoms with Crippen LogP contribution in [0.1, 0.15) is 11.3 Å². The van der Waals surface area contributed by atoms with Crippen molar-refractivity contribution in [2.45, 2.75) is 19.6 Å². The fourth-order valence-electron chi connectivity index (χ4n) is 2.53. The van der Waals surface area contributed by atoms with E-state index >= 15 is 0 Å². The maximum absolute atomic E-state index is 5.67. The molecule has 2 aromatic heterocycles. The van der Waals surface area contributed by atoms with Crippen molar-refractivity contribution in [3.63, 3.8) is 0 Å². The van der Waals surface area contributed by atoms with Gasteiger partial charge in [0.1, 0.15) is 5.65 Å². The van der Waals surface area contributed by atoms with Crippen LogP contribution in [0.4, 0.5) is 0 Å². The Balaban J connectivity index is 1.74. The molecule has 0 aromatic carbocycles. The van der Waals surface area contributed by atoms with Gasteiger partial charge in [0.15, 0.2) is 0 Å². The Kier molecular flexibility index (Phi) is 3.50. The quantitative estimate of drug-likeness (QED) is 0.887. The summed E-state index contributed by atoms with van der Waals surface area (Å²) >= 11 is 0. The first-order valence-corrected chi connectivity index (χ1v) is 6.73. The van der Waals surface area contributed by atoms with Crippen molar-refractivity contribution < 1.29 is 4.74 Å². The summed E-state index contributed by atoms with van der Waals surface area (Å²) in [6.45, 7) is 6.13. The zero-order valence-electron chi connectivity index (χ0n) is 11.2. The topological polar surface area (TPSA) is 55.8 Å². The van der Waals surface area contributed by atoms with Gasteiger partial charge in [-0.2, -0.15) is 0 Å². The molecular formula is C14H20N4O. The Morgan fingerprint density at radius 1 is 1.42 bits per heavy atom. The molecule has 1 saturated heterocycles. The van der Waals surface area contributed by atoms with Crippen LogP contribution in [0.2, 0.25) is 0 Å². The molecule has 102 valence electrons. The lowest BCUT2D eigenvalue weighted by Gasteiger charge is -2.31. The summed E-state index contributed by atoms with van der Waals surface area (Å²) in [4.78, 5) is 7.00. The number of aryl methyl sites for hydroxylation is 1. The largest absolute Gasteiger partial charge is 0.374 e. The predicted octanol–water partition coefficient (Wildman–Crippen LogP) is 0.802. The predicted molar refractivity (Wildman–Crippen MR) is 74.0 cm³/mol. The molecule has 5 heteroatoms. The van der Waals surface area contributed by atoms with Gasteiger partial charge >= 0.3 is 0 Å². The summed E-state index contributed by atoms with van der Waals surface area (Å²) in [5.74, 6) is 0. The number of hydrogen-bond acceptors (Lipinski definition) is 4. The fraction of sp³-hybridized carbons (Fsp3) is 0.500. The van der Waals surface area contributed by atoms with Gasteiger partial charge in [-0.3, -0.25) is 4.90 Å². The second-order valence-corrected chi connectivity index (χ2v) is 5.17. The number of fused-ring (bicyclic) bond motifs is 1. The van der Waals surface area contributed by atoms with Gasteiger partial charge in [0.25, 0.3) is 0 Å². The van der Waals surface area contributed by atoms with E-state index in [4.69, 9.17) is 10.5 Å². The average molecular weight is 260 g/mol. The van der Waals surface area contributed by atoms with E-state index in [0.717, 1.165) is 37.6 Å². The number of aromatic nitrogens is 2. The van der Waals surface area contributed by atoms with Crippen molar-refractivity contribution in [2.75, 3.05) is 26.2 Å². The van der Waals surface area contributed by atoms with Crippen LogP contribution in [-0.2, 0) is 11.3 Å². The molecule has 3 rings (SSSR count). The number of hydrogen-bond donors (Lipinski definition) is 1. The van der Waals surface area contributed by atoms with E-state index in [2.05, 4.69) is 45.7 Å². The van der Waals surface area contributed by atoms with Gasteiger partial charge in [-0.25, -0.2) is 4.98 Å². The number of nitrogens with zero attached hydrogens (tertiary/aromatic N) is 3. The molecule has 5 nitrogen and oxygen atoms in total. The summed E-state index contributed by atoms with van der Waals surface area (Å²) in [7, 11) is 0. The molecule has 19 heavy (non-hydrogen) atoms. The van der Waals surface area contributed by atoms with Gasteiger partial charge < -0.3 is 14.9 Å². The van der Waals surface area contributed by atoms with Crippen LogP contribution >= 0.6 is 0 Å². The molecule has 3 heterocycles. The first kappa shape index (κ1) is 12.6. The SMILES string of the molecule is Cc1ccc2nc(CN3CCOC(CN)C3)cn2c1. The van der Waals surface area contributed by atoms with Gasteiger partial charge in [-0.05, 0) is 18.6 Å². The Morgan fingerprint density at radius 3 is 3.16 bits per heavy atom. The van der Waals surface area contributed by atoms with Gasteiger partial charge in [-0.1, -0.05) is 6.07 Å². The first-order valence-electron chi connectivity index (χ1n) is 6.73. The number of pyridine rings is 1. The van der Waals surface area contributed by atoms with E-state index in [1.807, 2.05) is 0 Å². The third-order valence-electron chi connectivity index (χ3n) is 3.52. The monoisotopic (exact) mass is 260 g/mol. The summed E-state index contributed by atoms with van der Waals surface area (Å²) in [6.07, 6.45) is 4.37. The lowest BCUT2D eigenvalue weighted by atomic mass is 10.2. The van der Waals surface area contributed by atoms with E-state index in [1.54, 1.807) is 0 Å². The van der Waals surface area contributed by atoms with E-state index < -0.39 is 0 Å². The van der Waals surface area contributed by atoms with Crippen LogP contribution in [0, 0.1) is 6.92 Å². The average Bonchev–Trinajstić information content (AvgIpc) is 2.80. The standard InChI is InChI=1S/C14H20N4O/c1-11-2-3-14-16-12(9-18(14)7-11)8-17-4-5-19-13(6-15)10-17/h2-3,7,9,13H,4-6,8,10,15H2,1H3. The lowest BCUT2D eigenvalue weighted by molar-refractivity contribution is -0.0263. The number of imidazole rings is 1. The molecule has 1 atom stereocenters. The molecule has 0 saturated carbocycles. The van der Waals surface area contributed by atoms with E-state index in [9.17, 15) is 0 Å². The molecule has 0 bridgehead atoms. The van der Waals surface area contributed by atoms with Crippen LogP contribution < -0.4 is 5.73 Å². The number of rotatable bonds is 3. The zero-order valence-corrected chi connectivity index (χ0v) is 11.2. The van der Waals surface area contributed by atoms with Crippen molar-refractivity contribution >= 4 is 5.65 Å². The minimum atomic E-state index is 0.160. The Morgan fingerprint density at radius 2 is 2.32 bits per heavy atom. The van der Waals surface area contributed by atoms with Crippen molar-refractivity contribution in [2.24, 2.45) is 5.73 Å². The van der Waals surface area contributed by atoms with Gasteiger partial charge in [0, 0.05) is 38.6 Å². The summed E-state index contributed by atoms with van der Waals surface area (Å²) in [5.41, 5.74) is 9.01. The molecule has 1 aliphatic rings. The van der Waals surface area contributed by atoms with Crippen LogP contribution in [-0.4, -0.2) is 46.6 Å². The minimum Gasteiger partial charge on any atom is -0.374 e. The third kappa shape index (κ3) is 2.78.